The fourth-order valence-corrected chi connectivity index (χ4v) is 7.95. The minimum Gasteiger partial charge on any atom is -0.394 e. The van der Waals surface area contributed by atoms with E-state index in [0.29, 0.717) is 38.0 Å². The van der Waals surface area contributed by atoms with Crippen LogP contribution in [0, 0.1) is 11.8 Å². The van der Waals surface area contributed by atoms with Gasteiger partial charge in [-0.25, -0.2) is 0 Å². The molecule has 1 N–H and O–H groups in total. The summed E-state index contributed by atoms with van der Waals surface area (Å²) in [5, 5.41) is 10.8. The number of rotatable bonds is 15. The Morgan fingerprint density at radius 3 is 2.31 bits per heavy atom. The Morgan fingerprint density at radius 1 is 1.02 bits per heavy atom. The second kappa shape index (κ2) is 13.7. The van der Waals surface area contributed by atoms with Gasteiger partial charge in [0.05, 0.1) is 30.1 Å². The van der Waals surface area contributed by atoms with Crippen molar-refractivity contribution in [1.29, 1.82) is 0 Å². The zero-order valence-corrected chi connectivity index (χ0v) is 26.6. The number of hydrogen-bond acceptors (Lipinski definition) is 5. The molecule has 1 spiro atoms. The van der Waals surface area contributed by atoms with Gasteiger partial charge in [0.25, 0.3) is 0 Å². The van der Waals surface area contributed by atoms with Crippen molar-refractivity contribution in [1.82, 2.24) is 9.80 Å². The van der Waals surface area contributed by atoms with E-state index in [9.17, 15) is 19.5 Å². The first kappa shape index (κ1) is 32.6. The van der Waals surface area contributed by atoms with Crippen LogP contribution in [-0.2, 0) is 25.5 Å². The summed E-state index contributed by atoms with van der Waals surface area (Å²) in [5.74, 6) is -2.39. The molecular weight excluding hydrogens is 566 g/mol. The van der Waals surface area contributed by atoms with Crippen molar-refractivity contribution < 1.29 is 24.2 Å². The molecule has 3 amide bonds. The van der Waals surface area contributed by atoms with Crippen LogP contribution >= 0.6 is 0 Å². The van der Waals surface area contributed by atoms with Crippen LogP contribution in [0.4, 0.5) is 5.69 Å². The number of benzene rings is 2. The Bertz CT molecular complexity index is 1380. The Balaban J connectivity index is 1.59. The Morgan fingerprint density at radius 2 is 1.69 bits per heavy atom. The summed E-state index contributed by atoms with van der Waals surface area (Å²) in [6.45, 7) is 12.6. The quantitative estimate of drug-likeness (QED) is 0.231. The molecule has 3 fully saturated rings. The highest BCUT2D eigenvalue weighted by Gasteiger charge is 2.78. The van der Waals surface area contributed by atoms with Crippen LogP contribution in [-0.4, -0.2) is 82.2 Å². The first-order valence-electron chi connectivity index (χ1n) is 16.3. The molecule has 0 radical (unpaired) electrons. The lowest BCUT2D eigenvalue weighted by Gasteiger charge is -2.39. The third kappa shape index (κ3) is 5.86. The van der Waals surface area contributed by atoms with Crippen molar-refractivity contribution in [3.8, 4) is 0 Å². The zero-order valence-electron chi connectivity index (χ0n) is 26.6. The van der Waals surface area contributed by atoms with E-state index in [1.807, 2.05) is 67.6 Å². The number of unbranched alkanes of at least 4 members (excludes halogenated alkanes) is 2. The Kier molecular flexibility index (Phi) is 9.94. The maximum absolute atomic E-state index is 14.8. The van der Waals surface area contributed by atoms with Gasteiger partial charge < -0.3 is 24.5 Å². The van der Waals surface area contributed by atoms with E-state index in [4.69, 9.17) is 4.74 Å². The maximum Gasteiger partial charge on any atom is 0.248 e. The number of aliphatic hydroxyl groups excluding tert-OH is 1. The summed E-state index contributed by atoms with van der Waals surface area (Å²) in [6.07, 6.45) is 7.58. The van der Waals surface area contributed by atoms with E-state index in [1.165, 1.54) is 0 Å². The molecule has 8 heteroatoms. The van der Waals surface area contributed by atoms with E-state index in [1.54, 1.807) is 26.9 Å². The average Bonchev–Trinajstić information content (AvgIpc) is 3.63. The van der Waals surface area contributed by atoms with Crippen molar-refractivity contribution in [3.63, 3.8) is 0 Å². The first-order chi connectivity index (χ1) is 21.8. The van der Waals surface area contributed by atoms with E-state index >= 15 is 0 Å². The number of hydrogen-bond donors (Lipinski definition) is 1. The number of nitrogens with zero attached hydrogens (tertiary/aromatic N) is 3. The smallest absolute Gasteiger partial charge is 0.248 e. The second-order valence-corrected chi connectivity index (χ2v) is 12.9. The number of fused-ring (bicyclic) bond motifs is 1. The lowest BCUT2D eigenvalue weighted by Crippen LogP contribution is -2.59. The van der Waals surface area contributed by atoms with E-state index in [0.717, 1.165) is 24.8 Å². The number of likely N-dealkylation sites (tertiary alicyclic amines) is 1. The van der Waals surface area contributed by atoms with Gasteiger partial charge in [-0.1, -0.05) is 80.4 Å². The molecule has 0 saturated carbocycles. The van der Waals surface area contributed by atoms with E-state index in [-0.39, 0.29) is 30.9 Å². The normalized spacial score (nSPS) is 27.2. The number of amides is 3. The predicted molar refractivity (Wildman–Crippen MR) is 175 cm³/mol. The van der Waals surface area contributed by atoms with Crippen LogP contribution in [0.15, 0.2) is 86.0 Å². The van der Waals surface area contributed by atoms with Gasteiger partial charge in [0.1, 0.15) is 11.6 Å². The molecule has 2 bridgehead atoms. The highest BCUT2D eigenvalue weighted by Crippen LogP contribution is 2.64. The van der Waals surface area contributed by atoms with Crippen LogP contribution in [0.25, 0.3) is 0 Å². The van der Waals surface area contributed by atoms with Crippen molar-refractivity contribution in [2.45, 2.75) is 75.7 Å². The van der Waals surface area contributed by atoms with Crippen LogP contribution in [0.5, 0.6) is 0 Å². The summed E-state index contributed by atoms with van der Waals surface area (Å²) in [6, 6.07) is 17.4. The second-order valence-electron chi connectivity index (χ2n) is 12.9. The summed E-state index contributed by atoms with van der Waals surface area (Å²) in [5.41, 5.74) is -0.450. The third-order valence-electron chi connectivity index (χ3n) is 9.97. The van der Waals surface area contributed by atoms with Gasteiger partial charge in [-0.05, 0) is 50.3 Å². The molecule has 2 aromatic carbocycles. The topological polar surface area (TPSA) is 90.4 Å². The van der Waals surface area contributed by atoms with Gasteiger partial charge in [-0.2, -0.15) is 0 Å². The minimum atomic E-state index is -1.19. The van der Waals surface area contributed by atoms with Crippen molar-refractivity contribution in [2.75, 3.05) is 31.1 Å². The number of para-hydroxylation sites is 1. The molecule has 8 nitrogen and oxygen atoms in total. The molecule has 3 aliphatic heterocycles. The molecule has 6 atom stereocenters. The number of aliphatic hydroxyl groups is 1. The van der Waals surface area contributed by atoms with E-state index in [2.05, 4.69) is 20.1 Å². The maximum atomic E-state index is 14.8. The summed E-state index contributed by atoms with van der Waals surface area (Å²) in [7, 11) is 0. The number of anilines is 1. The van der Waals surface area contributed by atoms with Crippen molar-refractivity contribution in [2.24, 2.45) is 11.8 Å². The molecule has 240 valence electrons. The molecule has 3 saturated heterocycles. The van der Waals surface area contributed by atoms with Crippen LogP contribution in [0.3, 0.4) is 0 Å². The molecule has 0 aliphatic carbocycles. The summed E-state index contributed by atoms with van der Waals surface area (Å²) < 4.78 is 6.91. The molecule has 3 heterocycles. The predicted octanol–water partition coefficient (Wildman–Crippen LogP) is 4.78. The van der Waals surface area contributed by atoms with Gasteiger partial charge in [-0.3, -0.25) is 14.4 Å². The lowest BCUT2D eigenvalue weighted by molar-refractivity contribution is -0.154. The number of ether oxygens (including phenoxy) is 1. The van der Waals surface area contributed by atoms with Crippen molar-refractivity contribution in [3.05, 3.63) is 91.5 Å². The number of carbonyl (C=O) groups is 3. The Labute approximate surface area is 267 Å². The van der Waals surface area contributed by atoms with Gasteiger partial charge >= 0.3 is 0 Å². The SMILES string of the molecule is C=CCN(CCCCC)C(=O)C1N([C@@H](CO)Cc2ccccc2)C(=O)[C@@H]2[C@@H](C(=O)N(CC=C)c3ccccc3)[C@@]3(C)CCC12O3. The molecule has 0 aromatic heterocycles. The molecule has 5 rings (SSSR count). The van der Waals surface area contributed by atoms with Crippen LogP contribution in [0.2, 0.25) is 0 Å². The molecular formula is C37H47N3O5. The number of carbonyl (C=O) groups excluding carboxylic acids is 3. The monoisotopic (exact) mass is 613 g/mol. The van der Waals surface area contributed by atoms with Gasteiger partial charge in [0.15, 0.2) is 0 Å². The summed E-state index contributed by atoms with van der Waals surface area (Å²) >= 11 is 0. The first-order valence-corrected chi connectivity index (χ1v) is 16.3. The van der Waals surface area contributed by atoms with Crippen LogP contribution < -0.4 is 4.90 Å². The highest BCUT2D eigenvalue weighted by molar-refractivity contribution is 6.03. The lowest BCUT2D eigenvalue weighted by atomic mass is 9.66. The molecule has 2 aromatic rings. The Hall–Kier alpha value is -3.75. The largest absolute Gasteiger partial charge is 0.394 e. The zero-order chi connectivity index (χ0) is 32.2. The average molecular weight is 614 g/mol. The fourth-order valence-electron chi connectivity index (χ4n) is 7.95. The fraction of sp³-hybridized carbons (Fsp3) is 0.486. The highest BCUT2D eigenvalue weighted by atomic mass is 16.5. The summed E-state index contributed by atoms with van der Waals surface area (Å²) in [4.78, 5) is 49.2. The van der Waals surface area contributed by atoms with Gasteiger partial charge in [0, 0.05) is 25.3 Å². The molecule has 2 unspecified atom stereocenters. The standard InChI is InChI=1S/C37H47N3O5/c1-5-8-15-24-38(22-6-2)35(44)32-37-21-20-36(4,45-37)30(33(42)39(23-7-3)28-18-13-10-14-19-28)31(37)34(43)40(32)29(26-41)25-27-16-11-9-12-17-27/h6-7,9-14,16-19,29-32,41H,2-3,5,8,15,20-26H2,1,4H3/t29-,30+,31+,32?,36-,37?/m1/s1. The van der Waals surface area contributed by atoms with Gasteiger partial charge in [0.2, 0.25) is 17.7 Å². The minimum absolute atomic E-state index is 0.211. The van der Waals surface area contributed by atoms with E-state index < -0.39 is 35.1 Å². The third-order valence-corrected chi connectivity index (χ3v) is 9.97. The van der Waals surface area contributed by atoms with Crippen LogP contribution in [0.1, 0.15) is 51.5 Å². The van der Waals surface area contributed by atoms with Gasteiger partial charge in [-0.15, -0.1) is 13.2 Å². The molecule has 3 aliphatic rings. The van der Waals surface area contributed by atoms with Crippen molar-refractivity contribution >= 4 is 23.4 Å². The molecule has 45 heavy (non-hydrogen) atoms.